The zero-order valence-corrected chi connectivity index (χ0v) is 19.1. The van der Waals surface area contributed by atoms with E-state index in [2.05, 4.69) is 5.32 Å². The molecule has 2 amide bonds. The first-order valence-electron chi connectivity index (χ1n) is 10.3. The lowest BCUT2D eigenvalue weighted by Crippen LogP contribution is -2.32. The number of anilines is 2. The summed E-state index contributed by atoms with van der Waals surface area (Å²) in [4.78, 5) is 39.2. The first-order valence-corrected chi connectivity index (χ1v) is 10.6. The third kappa shape index (κ3) is 4.38. The maximum Gasteiger partial charge on any atom is 0.343 e. The first kappa shape index (κ1) is 22.3. The van der Waals surface area contributed by atoms with Gasteiger partial charge in [0.15, 0.2) is 0 Å². The van der Waals surface area contributed by atoms with Crippen molar-refractivity contribution in [3.63, 3.8) is 0 Å². The summed E-state index contributed by atoms with van der Waals surface area (Å²) in [6.07, 6.45) is 0. The molecule has 0 unspecified atom stereocenters. The minimum Gasteiger partial charge on any atom is -0.423 e. The Bertz CT molecular complexity index is 1310. The molecule has 1 aliphatic heterocycles. The molecule has 7 heteroatoms. The van der Waals surface area contributed by atoms with Crippen molar-refractivity contribution in [1.82, 2.24) is 0 Å². The second-order valence-corrected chi connectivity index (χ2v) is 8.16. The molecule has 0 atom stereocenters. The molecule has 0 aromatic heterocycles. The Labute approximate surface area is 196 Å². The van der Waals surface area contributed by atoms with Gasteiger partial charge in [0.1, 0.15) is 16.5 Å². The molecular formula is C26H21ClN2O4. The van der Waals surface area contributed by atoms with Gasteiger partial charge < -0.3 is 10.1 Å². The molecule has 1 heterocycles. The second kappa shape index (κ2) is 8.92. The summed E-state index contributed by atoms with van der Waals surface area (Å²) < 4.78 is 5.51. The Balaban J connectivity index is 1.50. The summed E-state index contributed by atoms with van der Waals surface area (Å²) in [5, 5.41) is 2.71. The molecule has 0 spiro atoms. The Kier molecular flexibility index (Phi) is 6.03. The van der Waals surface area contributed by atoms with Crippen LogP contribution < -0.4 is 15.0 Å². The van der Waals surface area contributed by atoms with Crippen molar-refractivity contribution >= 4 is 40.8 Å². The molecule has 4 rings (SSSR count). The summed E-state index contributed by atoms with van der Waals surface area (Å²) in [6.45, 7) is 5.60. The van der Waals surface area contributed by atoms with Crippen LogP contribution >= 0.6 is 11.6 Å². The first-order chi connectivity index (χ1) is 15.8. The van der Waals surface area contributed by atoms with E-state index in [9.17, 15) is 14.4 Å². The quantitative estimate of drug-likeness (QED) is 0.319. The summed E-state index contributed by atoms with van der Waals surface area (Å²) in [6, 6.07) is 19.1. The number of rotatable bonds is 5. The zero-order valence-electron chi connectivity index (χ0n) is 18.3. The molecule has 0 saturated heterocycles. The number of ether oxygens (including phenoxy) is 1. The average molecular weight is 461 g/mol. The number of para-hydroxylation sites is 1. The lowest BCUT2D eigenvalue weighted by Gasteiger charge is -2.17. The molecule has 1 N–H and O–H groups in total. The maximum atomic E-state index is 12.9. The molecule has 3 aromatic carbocycles. The van der Waals surface area contributed by atoms with Gasteiger partial charge in [-0.3, -0.25) is 9.59 Å². The van der Waals surface area contributed by atoms with Crippen LogP contribution in [0, 0.1) is 20.8 Å². The Hall–Kier alpha value is -3.90. The third-order valence-corrected chi connectivity index (χ3v) is 5.67. The topological polar surface area (TPSA) is 75.7 Å². The van der Waals surface area contributed by atoms with Gasteiger partial charge in [0.2, 0.25) is 0 Å². The second-order valence-electron chi connectivity index (χ2n) is 7.78. The number of halogens is 1. The van der Waals surface area contributed by atoms with Crippen LogP contribution in [0.3, 0.4) is 0 Å². The molecule has 3 aromatic rings. The van der Waals surface area contributed by atoms with Crippen molar-refractivity contribution in [3.05, 3.63) is 99.7 Å². The number of hydrogen-bond donors (Lipinski definition) is 1. The molecule has 6 nitrogen and oxygen atoms in total. The van der Waals surface area contributed by atoms with Gasteiger partial charge in [0.05, 0.1) is 11.3 Å². The van der Waals surface area contributed by atoms with Crippen molar-refractivity contribution in [1.29, 1.82) is 0 Å². The van der Waals surface area contributed by atoms with E-state index in [0.29, 0.717) is 22.7 Å². The number of hydrogen-bond acceptors (Lipinski definition) is 5. The largest absolute Gasteiger partial charge is 0.423 e. The van der Waals surface area contributed by atoms with Crippen LogP contribution in [0.2, 0.25) is 0 Å². The third-order valence-electron chi connectivity index (χ3n) is 5.32. The average Bonchev–Trinajstić information content (AvgIpc) is 3.00. The number of amides is 2. The zero-order chi connectivity index (χ0) is 23.7. The van der Waals surface area contributed by atoms with Crippen LogP contribution in [-0.4, -0.2) is 17.8 Å². The van der Waals surface area contributed by atoms with Crippen molar-refractivity contribution in [2.75, 3.05) is 10.2 Å². The monoisotopic (exact) mass is 460 g/mol. The molecule has 0 aliphatic carbocycles. The predicted octanol–water partition coefficient (Wildman–Crippen LogP) is 5.27. The van der Waals surface area contributed by atoms with Gasteiger partial charge in [0.25, 0.3) is 11.8 Å². The minimum absolute atomic E-state index is 0.0179. The number of nitrogens with one attached hydrogen (secondary N) is 1. The van der Waals surface area contributed by atoms with Gasteiger partial charge in [0, 0.05) is 5.69 Å². The number of carbonyl (C=O) groups is 3. The van der Waals surface area contributed by atoms with E-state index in [1.807, 2.05) is 45.0 Å². The molecule has 0 radical (unpaired) electrons. The molecule has 0 fully saturated rings. The van der Waals surface area contributed by atoms with Gasteiger partial charge in [-0.05, 0) is 73.9 Å². The smallest absolute Gasteiger partial charge is 0.343 e. The number of nitrogens with zero attached hydrogens (tertiary/aromatic N) is 1. The van der Waals surface area contributed by atoms with Crippen LogP contribution in [0.1, 0.15) is 27.0 Å². The summed E-state index contributed by atoms with van der Waals surface area (Å²) in [7, 11) is 0. The molecule has 166 valence electrons. The standard InChI is InChI=1S/C26H21ClN2O4/c1-15-8-9-17(3)21(14-15)33-26(32)18-10-12-19(13-11-18)28-23-22(27)24(30)29(25(23)31)20-7-5-4-6-16(20)2/h4-14,28H,1-3H3. The fraction of sp³-hybridized carbons (Fsp3) is 0.115. The Morgan fingerprint density at radius 3 is 2.27 bits per heavy atom. The number of benzene rings is 3. The number of imide groups is 1. The Morgan fingerprint density at radius 2 is 1.58 bits per heavy atom. The summed E-state index contributed by atoms with van der Waals surface area (Å²) in [5.74, 6) is -1.12. The van der Waals surface area contributed by atoms with Crippen molar-refractivity contribution in [3.8, 4) is 5.75 Å². The maximum absolute atomic E-state index is 12.9. The highest BCUT2D eigenvalue weighted by atomic mass is 35.5. The van der Waals surface area contributed by atoms with Crippen LogP contribution in [0.25, 0.3) is 0 Å². The van der Waals surface area contributed by atoms with Crippen LogP contribution in [0.5, 0.6) is 5.75 Å². The van der Waals surface area contributed by atoms with E-state index < -0.39 is 17.8 Å². The number of aryl methyl sites for hydroxylation is 3. The van der Waals surface area contributed by atoms with Gasteiger partial charge in [-0.1, -0.05) is 41.9 Å². The van der Waals surface area contributed by atoms with Crippen molar-refractivity contribution < 1.29 is 19.1 Å². The molecule has 1 aliphatic rings. The molecule has 0 saturated carbocycles. The van der Waals surface area contributed by atoms with Crippen LogP contribution in [0.15, 0.2) is 77.5 Å². The van der Waals surface area contributed by atoms with Crippen LogP contribution in [0.4, 0.5) is 11.4 Å². The van der Waals surface area contributed by atoms with Gasteiger partial charge in [-0.15, -0.1) is 0 Å². The highest BCUT2D eigenvalue weighted by Gasteiger charge is 2.39. The summed E-state index contributed by atoms with van der Waals surface area (Å²) in [5.41, 5.74) is 3.93. The fourth-order valence-electron chi connectivity index (χ4n) is 3.45. The van der Waals surface area contributed by atoms with E-state index in [-0.39, 0.29) is 10.7 Å². The summed E-state index contributed by atoms with van der Waals surface area (Å²) >= 11 is 6.20. The van der Waals surface area contributed by atoms with Gasteiger partial charge in [-0.2, -0.15) is 0 Å². The normalized spacial score (nSPS) is 13.5. The van der Waals surface area contributed by atoms with Gasteiger partial charge >= 0.3 is 5.97 Å². The van der Waals surface area contributed by atoms with E-state index in [1.165, 1.54) is 0 Å². The molecular weight excluding hydrogens is 440 g/mol. The Morgan fingerprint density at radius 1 is 0.879 bits per heavy atom. The fourth-order valence-corrected chi connectivity index (χ4v) is 3.67. The SMILES string of the molecule is Cc1ccc(C)c(OC(=O)c2ccc(NC3=C(Cl)C(=O)N(c4ccccc4C)C3=O)cc2)c1. The van der Waals surface area contributed by atoms with Crippen molar-refractivity contribution in [2.24, 2.45) is 0 Å². The van der Waals surface area contributed by atoms with E-state index >= 15 is 0 Å². The van der Waals surface area contributed by atoms with Crippen molar-refractivity contribution in [2.45, 2.75) is 20.8 Å². The highest BCUT2D eigenvalue weighted by Crippen LogP contribution is 2.32. The van der Waals surface area contributed by atoms with E-state index in [4.69, 9.17) is 16.3 Å². The lowest BCUT2D eigenvalue weighted by molar-refractivity contribution is -0.120. The number of carbonyl (C=O) groups excluding carboxylic acids is 3. The lowest BCUT2D eigenvalue weighted by atomic mass is 10.1. The van der Waals surface area contributed by atoms with Crippen LogP contribution in [-0.2, 0) is 9.59 Å². The van der Waals surface area contributed by atoms with E-state index in [1.54, 1.807) is 42.5 Å². The van der Waals surface area contributed by atoms with E-state index in [0.717, 1.165) is 21.6 Å². The molecule has 33 heavy (non-hydrogen) atoms. The predicted molar refractivity (Wildman–Crippen MR) is 127 cm³/mol. The number of esters is 1. The van der Waals surface area contributed by atoms with Gasteiger partial charge in [-0.25, -0.2) is 9.69 Å². The minimum atomic E-state index is -0.591. The highest BCUT2D eigenvalue weighted by molar-refractivity contribution is 6.53. The molecule has 0 bridgehead atoms.